The van der Waals surface area contributed by atoms with Crippen molar-refractivity contribution in [2.75, 3.05) is 19.7 Å². The fraction of sp³-hybridized carbons (Fsp3) is 0.333. The van der Waals surface area contributed by atoms with Gasteiger partial charge in [-0.2, -0.15) is 0 Å². The molecule has 0 aliphatic carbocycles. The van der Waals surface area contributed by atoms with Crippen LogP contribution in [0.2, 0.25) is 0 Å². The number of nitrogens with one attached hydrogen (secondary N) is 1. The first kappa shape index (κ1) is 13.4. The topological polar surface area (TPSA) is 21.3 Å². The molecule has 4 heteroatoms. The van der Waals surface area contributed by atoms with Crippen molar-refractivity contribution in [3.8, 4) is 5.75 Å². The number of hydrogen-bond donors (Lipinski definition) is 1. The molecule has 1 heterocycles. The van der Waals surface area contributed by atoms with Gasteiger partial charge in [-0.15, -0.1) is 0 Å². The molecule has 2 aromatic carbocycles. The van der Waals surface area contributed by atoms with Crippen LogP contribution in [0, 0.1) is 5.92 Å². The van der Waals surface area contributed by atoms with E-state index in [2.05, 4.69) is 61.4 Å². The quantitative estimate of drug-likeness (QED) is 0.849. The first-order valence-corrected chi connectivity index (χ1v) is 8.04. The Balaban J connectivity index is 1.83. The summed E-state index contributed by atoms with van der Waals surface area (Å²) >= 11 is 7.16. The van der Waals surface area contributed by atoms with Crippen molar-refractivity contribution in [1.29, 1.82) is 0 Å². The van der Waals surface area contributed by atoms with E-state index >= 15 is 0 Å². The first-order valence-electron chi connectivity index (χ1n) is 6.45. The summed E-state index contributed by atoms with van der Waals surface area (Å²) in [6.07, 6.45) is 1.21. The molecule has 19 heavy (non-hydrogen) atoms. The van der Waals surface area contributed by atoms with Gasteiger partial charge in [0.2, 0.25) is 0 Å². The maximum atomic E-state index is 5.96. The number of rotatable bonds is 3. The van der Waals surface area contributed by atoms with Crippen LogP contribution in [0.15, 0.2) is 39.3 Å². The Morgan fingerprint density at radius 3 is 2.89 bits per heavy atom. The monoisotopic (exact) mass is 383 g/mol. The molecule has 2 aromatic rings. The predicted molar refractivity (Wildman–Crippen MR) is 85.8 cm³/mol. The minimum Gasteiger partial charge on any atom is -0.492 e. The first-order chi connectivity index (χ1) is 9.24. The van der Waals surface area contributed by atoms with E-state index in [1.807, 2.05) is 6.07 Å². The molecule has 1 aliphatic rings. The van der Waals surface area contributed by atoms with Crippen molar-refractivity contribution in [2.45, 2.75) is 6.42 Å². The van der Waals surface area contributed by atoms with Crippen LogP contribution in [0.25, 0.3) is 10.8 Å². The summed E-state index contributed by atoms with van der Waals surface area (Å²) in [6.45, 7) is 2.97. The fourth-order valence-electron chi connectivity index (χ4n) is 2.42. The highest BCUT2D eigenvalue weighted by atomic mass is 79.9. The SMILES string of the molecule is Brc1ccc2c(Br)c(OC[C@H]3CCNC3)ccc2c1. The minimum atomic E-state index is 0.632. The van der Waals surface area contributed by atoms with E-state index in [0.29, 0.717) is 5.92 Å². The zero-order chi connectivity index (χ0) is 13.2. The third-order valence-electron chi connectivity index (χ3n) is 3.52. The van der Waals surface area contributed by atoms with Gasteiger partial charge in [0.1, 0.15) is 5.75 Å². The largest absolute Gasteiger partial charge is 0.492 e. The molecule has 0 spiro atoms. The van der Waals surface area contributed by atoms with Gasteiger partial charge in [-0.05, 0) is 57.9 Å². The molecule has 1 saturated heterocycles. The van der Waals surface area contributed by atoms with Crippen LogP contribution in [0.5, 0.6) is 5.75 Å². The van der Waals surface area contributed by atoms with Crippen LogP contribution in [-0.2, 0) is 0 Å². The minimum absolute atomic E-state index is 0.632. The van der Waals surface area contributed by atoms with Crippen molar-refractivity contribution < 1.29 is 4.74 Å². The van der Waals surface area contributed by atoms with Crippen LogP contribution >= 0.6 is 31.9 Å². The highest BCUT2D eigenvalue weighted by Crippen LogP contribution is 2.34. The Morgan fingerprint density at radius 2 is 2.11 bits per heavy atom. The van der Waals surface area contributed by atoms with Gasteiger partial charge in [0.05, 0.1) is 11.1 Å². The Hall–Kier alpha value is -0.580. The van der Waals surface area contributed by atoms with Crippen LogP contribution in [0.3, 0.4) is 0 Å². The average Bonchev–Trinajstić information content (AvgIpc) is 2.91. The van der Waals surface area contributed by atoms with Crippen LogP contribution in [0.4, 0.5) is 0 Å². The molecular weight excluding hydrogens is 370 g/mol. The Labute approximate surface area is 129 Å². The standard InChI is InChI=1S/C15H15Br2NO/c16-12-2-3-13-11(7-12)1-4-14(15(13)17)19-9-10-5-6-18-8-10/h1-4,7,10,18H,5-6,8-9H2/t10-/m0/s1. The van der Waals surface area contributed by atoms with E-state index < -0.39 is 0 Å². The molecule has 1 atom stereocenters. The molecule has 1 aliphatic heterocycles. The molecule has 1 N–H and O–H groups in total. The van der Waals surface area contributed by atoms with Crippen molar-refractivity contribution in [1.82, 2.24) is 5.32 Å². The molecule has 2 nitrogen and oxygen atoms in total. The van der Waals surface area contributed by atoms with E-state index in [0.717, 1.165) is 34.4 Å². The van der Waals surface area contributed by atoms with E-state index in [-0.39, 0.29) is 0 Å². The second-order valence-corrected chi connectivity index (χ2v) is 6.62. The number of benzene rings is 2. The third kappa shape index (κ3) is 2.96. The molecule has 0 amide bonds. The lowest BCUT2D eigenvalue weighted by Crippen LogP contribution is -2.15. The van der Waals surface area contributed by atoms with E-state index in [1.54, 1.807) is 0 Å². The number of hydrogen-bond acceptors (Lipinski definition) is 2. The smallest absolute Gasteiger partial charge is 0.134 e. The van der Waals surface area contributed by atoms with Gasteiger partial charge in [0.15, 0.2) is 0 Å². The lowest BCUT2D eigenvalue weighted by Gasteiger charge is -2.13. The zero-order valence-electron chi connectivity index (χ0n) is 10.5. The van der Waals surface area contributed by atoms with Crippen molar-refractivity contribution in [2.24, 2.45) is 5.92 Å². The maximum Gasteiger partial charge on any atom is 0.134 e. The van der Waals surface area contributed by atoms with Gasteiger partial charge in [-0.3, -0.25) is 0 Å². The van der Waals surface area contributed by atoms with E-state index in [9.17, 15) is 0 Å². The Morgan fingerprint density at radius 1 is 1.21 bits per heavy atom. The number of halogens is 2. The molecule has 1 fully saturated rings. The zero-order valence-corrected chi connectivity index (χ0v) is 13.6. The summed E-state index contributed by atoms with van der Waals surface area (Å²) in [5.41, 5.74) is 0. The van der Waals surface area contributed by atoms with Crippen LogP contribution < -0.4 is 10.1 Å². The van der Waals surface area contributed by atoms with Gasteiger partial charge in [-0.25, -0.2) is 0 Å². The van der Waals surface area contributed by atoms with Gasteiger partial charge in [0, 0.05) is 16.9 Å². The molecular formula is C15H15Br2NO. The highest BCUT2D eigenvalue weighted by molar-refractivity contribution is 9.11. The van der Waals surface area contributed by atoms with Crippen LogP contribution in [0.1, 0.15) is 6.42 Å². The summed E-state index contributed by atoms with van der Waals surface area (Å²) in [6, 6.07) is 10.4. The van der Waals surface area contributed by atoms with Gasteiger partial charge >= 0.3 is 0 Å². The van der Waals surface area contributed by atoms with E-state index in [1.165, 1.54) is 17.2 Å². The molecule has 100 valence electrons. The third-order valence-corrected chi connectivity index (χ3v) is 4.83. The lowest BCUT2D eigenvalue weighted by molar-refractivity contribution is 0.259. The maximum absolute atomic E-state index is 5.96. The van der Waals surface area contributed by atoms with Gasteiger partial charge in [-0.1, -0.05) is 28.1 Å². The fourth-order valence-corrected chi connectivity index (χ4v) is 3.41. The Kier molecular flexibility index (Phi) is 4.10. The summed E-state index contributed by atoms with van der Waals surface area (Å²) in [7, 11) is 0. The molecule has 0 bridgehead atoms. The van der Waals surface area contributed by atoms with E-state index in [4.69, 9.17) is 4.74 Å². The van der Waals surface area contributed by atoms with Crippen molar-refractivity contribution in [3.63, 3.8) is 0 Å². The number of fused-ring (bicyclic) bond motifs is 1. The summed E-state index contributed by atoms with van der Waals surface area (Å²) < 4.78 is 8.10. The number of ether oxygens (including phenoxy) is 1. The van der Waals surface area contributed by atoms with Gasteiger partial charge in [0.25, 0.3) is 0 Å². The molecule has 0 radical (unpaired) electrons. The summed E-state index contributed by atoms with van der Waals surface area (Å²) in [4.78, 5) is 0. The Bertz CT molecular complexity index is 594. The highest BCUT2D eigenvalue weighted by Gasteiger charge is 2.16. The molecule has 0 aromatic heterocycles. The summed E-state index contributed by atoms with van der Waals surface area (Å²) in [5.74, 6) is 1.56. The normalized spacial score (nSPS) is 18.9. The van der Waals surface area contributed by atoms with Crippen molar-refractivity contribution in [3.05, 3.63) is 39.3 Å². The predicted octanol–water partition coefficient (Wildman–Crippen LogP) is 4.35. The lowest BCUT2D eigenvalue weighted by atomic mass is 10.1. The molecule has 3 rings (SSSR count). The second-order valence-electron chi connectivity index (χ2n) is 4.91. The molecule has 0 saturated carbocycles. The van der Waals surface area contributed by atoms with Crippen LogP contribution in [-0.4, -0.2) is 19.7 Å². The second kappa shape index (κ2) is 5.81. The van der Waals surface area contributed by atoms with Gasteiger partial charge < -0.3 is 10.1 Å². The van der Waals surface area contributed by atoms with Crippen molar-refractivity contribution >= 4 is 42.6 Å². The summed E-state index contributed by atoms with van der Waals surface area (Å²) in [5, 5.41) is 5.75. The molecule has 0 unspecified atom stereocenters. The average molecular weight is 385 g/mol.